The van der Waals surface area contributed by atoms with Gasteiger partial charge in [0.1, 0.15) is 0 Å². The molecule has 118 heavy (non-hydrogen) atoms. The van der Waals surface area contributed by atoms with E-state index < -0.39 is 0 Å². The molecule has 0 aliphatic rings. The second kappa shape index (κ2) is 29.2. The molecule has 0 aliphatic heterocycles. The summed E-state index contributed by atoms with van der Waals surface area (Å²) in [6, 6.07) is 149. The topological polar surface area (TPSA) is 97.1 Å². The van der Waals surface area contributed by atoms with Crippen molar-refractivity contribution in [3.63, 3.8) is 0 Å². The van der Waals surface area contributed by atoms with Gasteiger partial charge in [0.05, 0.1) is 44.1 Å². The first kappa shape index (κ1) is 68.7. The lowest BCUT2D eigenvalue weighted by Crippen LogP contribution is -2.00. The largest absolute Gasteiger partial charge is 0.309 e. The molecule has 0 aliphatic carbocycles. The molecule has 0 saturated heterocycles. The summed E-state index contributed by atoms with van der Waals surface area (Å²) >= 11 is 0. The number of hydrogen-bond donors (Lipinski definition) is 0. The third-order valence-corrected chi connectivity index (χ3v) is 22.8. The summed E-state index contributed by atoms with van der Waals surface area (Å²) in [6.45, 7) is 0. The predicted octanol–water partition coefficient (Wildman–Crippen LogP) is 27.1. The molecule has 0 bridgehead atoms. The Bertz CT molecular complexity index is 7600. The highest BCUT2D eigenvalue weighted by molar-refractivity contribution is 6.30. The van der Waals surface area contributed by atoms with E-state index in [4.69, 9.17) is 29.9 Å². The third kappa shape index (κ3) is 12.1. The van der Waals surface area contributed by atoms with Gasteiger partial charge in [-0.2, -0.15) is 0 Å². The van der Waals surface area contributed by atoms with E-state index in [1.165, 1.54) is 81.8 Å². The third-order valence-electron chi connectivity index (χ3n) is 22.8. The summed E-state index contributed by atoms with van der Waals surface area (Å²) in [4.78, 5) is 30.3. The van der Waals surface area contributed by atoms with Crippen LogP contribution < -0.4 is 0 Å². The van der Waals surface area contributed by atoms with Crippen LogP contribution in [0, 0.1) is 0 Å². The molecule has 6 heterocycles. The van der Waals surface area contributed by atoms with Crippen LogP contribution in [0.4, 0.5) is 0 Å². The molecule has 0 spiro atoms. The first-order chi connectivity index (χ1) is 58.5. The molecule has 552 valence electrons. The van der Waals surface area contributed by atoms with Crippen LogP contribution in [0.2, 0.25) is 0 Å². The molecule has 0 amide bonds. The minimum atomic E-state index is 0.619. The molecule has 0 N–H and O–H groups in total. The number of hydrogen-bond acceptors (Lipinski definition) is 6. The Morgan fingerprint density at radius 1 is 0.119 bits per heavy atom. The van der Waals surface area contributed by atoms with E-state index in [1.807, 2.05) is 48.5 Å². The first-order valence-electron chi connectivity index (χ1n) is 39.8. The van der Waals surface area contributed by atoms with Crippen molar-refractivity contribution in [3.05, 3.63) is 425 Å². The van der Waals surface area contributed by atoms with Gasteiger partial charge in [0.2, 0.25) is 0 Å². The van der Waals surface area contributed by atoms with Crippen molar-refractivity contribution in [1.29, 1.82) is 0 Å². The van der Waals surface area contributed by atoms with Crippen molar-refractivity contribution >= 4 is 87.2 Å². The van der Waals surface area contributed by atoms with Crippen LogP contribution >= 0.6 is 0 Å². The van der Waals surface area contributed by atoms with Crippen LogP contribution in [0.25, 0.3) is 212 Å². The molecule has 10 heteroatoms. The van der Waals surface area contributed by atoms with E-state index in [0.29, 0.717) is 34.9 Å². The lowest BCUT2D eigenvalue weighted by atomic mass is 10.0. The first-order valence-corrected chi connectivity index (χ1v) is 39.8. The molecule has 23 aromatic rings. The van der Waals surface area contributed by atoms with Gasteiger partial charge in [-0.25, -0.2) is 29.9 Å². The Hall–Kier alpha value is -16.0. The van der Waals surface area contributed by atoms with E-state index in [1.54, 1.807) is 0 Å². The van der Waals surface area contributed by atoms with Crippen LogP contribution in [0.1, 0.15) is 0 Å². The minimum Gasteiger partial charge on any atom is -0.309 e. The lowest BCUT2D eigenvalue weighted by Gasteiger charge is -2.11. The highest BCUT2D eigenvalue weighted by Crippen LogP contribution is 2.46. The van der Waals surface area contributed by atoms with Crippen LogP contribution in [0.3, 0.4) is 0 Å². The normalized spacial score (nSPS) is 11.6. The maximum Gasteiger partial charge on any atom is 0.164 e. The standard InChI is InChI=1S/C57H37N5.C51H33N5/c1-4-14-38(15-5-1)40-24-28-42(29-25-40)55-58-56(43-30-26-41(27-31-43)39-16-6-2-7-17-39)60-57(59-55)44-32-34-46(35-33-44)62-50-23-13-11-21-48(50)54-52(62)37-36-51-53(54)47-20-10-12-22-49(47)61(51)45-18-8-3-9-19-45;1-4-14-34(15-5-1)35-24-26-37(27-25-35)50-52-49(36-16-6-2-7-17-36)53-51(54-50)38-28-30-40(31-29-38)56-44-23-13-11-21-42(44)48-46(56)33-32-45-47(48)41-20-10-12-22-43(41)55(45)39-18-8-3-9-19-39/h1-37H;1-33H. The fourth-order valence-electron chi connectivity index (χ4n) is 17.3. The molecular formula is C108H70N10. The summed E-state index contributed by atoms with van der Waals surface area (Å²) < 4.78 is 9.53. The van der Waals surface area contributed by atoms with Gasteiger partial charge in [0.15, 0.2) is 34.9 Å². The monoisotopic (exact) mass is 1510 g/mol. The summed E-state index contributed by atoms with van der Waals surface area (Å²) in [7, 11) is 0. The van der Waals surface area contributed by atoms with E-state index in [-0.39, 0.29) is 0 Å². The molecular weight excluding hydrogens is 1440 g/mol. The number of nitrogens with zero attached hydrogens (tertiary/aromatic N) is 10. The van der Waals surface area contributed by atoms with Crippen molar-refractivity contribution in [2.45, 2.75) is 0 Å². The van der Waals surface area contributed by atoms with Gasteiger partial charge in [-0.15, -0.1) is 0 Å². The van der Waals surface area contributed by atoms with E-state index in [0.717, 1.165) is 94.9 Å². The number of fused-ring (bicyclic) bond motifs is 14. The Labute approximate surface area is 680 Å². The summed E-state index contributed by atoms with van der Waals surface area (Å²) in [5, 5.41) is 9.93. The van der Waals surface area contributed by atoms with E-state index in [9.17, 15) is 0 Å². The van der Waals surface area contributed by atoms with Crippen molar-refractivity contribution in [2.75, 3.05) is 0 Å². The highest BCUT2D eigenvalue weighted by atomic mass is 15.1. The molecule has 0 atom stereocenters. The summed E-state index contributed by atoms with van der Waals surface area (Å²) in [5.41, 5.74) is 26.3. The molecule has 0 saturated carbocycles. The van der Waals surface area contributed by atoms with Crippen molar-refractivity contribution < 1.29 is 0 Å². The maximum atomic E-state index is 5.12. The van der Waals surface area contributed by atoms with Crippen LogP contribution in [0.15, 0.2) is 425 Å². The van der Waals surface area contributed by atoms with Crippen molar-refractivity contribution in [2.24, 2.45) is 0 Å². The lowest BCUT2D eigenvalue weighted by molar-refractivity contribution is 1.07. The zero-order valence-corrected chi connectivity index (χ0v) is 63.9. The summed E-state index contributed by atoms with van der Waals surface area (Å²) in [6.07, 6.45) is 0. The number of para-hydroxylation sites is 6. The van der Waals surface area contributed by atoms with E-state index >= 15 is 0 Å². The molecule has 23 rings (SSSR count). The Kier molecular flexibility index (Phi) is 17.0. The van der Waals surface area contributed by atoms with Gasteiger partial charge in [-0.3, -0.25) is 0 Å². The maximum absolute atomic E-state index is 5.12. The fraction of sp³-hybridized carbons (Fsp3) is 0. The van der Waals surface area contributed by atoms with Gasteiger partial charge in [0, 0.05) is 99.2 Å². The quantitative estimate of drug-likeness (QED) is 0.114. The molecule has 0 fully saturated rings. The fourth-order valence-corrected chi connectivity index (χ4v) is 17.3. The number of rotatable bonds is 13. The molecule has 17 aromatic carbocycles. The Morgan fingerprint density at radius 2 is 0.280 bits per heavy atom. The van der Waals surface area contributed by atoms with Crippen LogP contribution in [-0.2, 0) is 0 Å². The minimum absolute atomic E-state index is 0.619. The number of benzene rings is 17. The van der Waals surface area contributed by atoms with Gasteiger partial charge < -0.3 is 18.3 Å². The van der Waals surface area contributed by atoms with Gasteiger partial charge in [0.25, 0.3) is 0 Å². The average Bonchev–Trinajstić information content (AvgIpc) is 1.55. The van der Waals surface area contributed by atoms with Crippen LogP contribution in [-0.4, -0.2) is 48.2 Å². The molecule has 0 radical (unpaired) electrons. The smallest absolute Gasteiger partial charge is 0.164 e. The molecule has 10 nitrogen and oxygen atoms in total. The predicted molar refractivity (Wildman–Crippen MR) is 486 cm³/mol. The van der Waals surface area contributed by atoms with Crippen molar-refractivity contribution in [3.8, 4) is 124 Å². The second-order valence-electron chi connectivity index (χ2n) is 29.7. The summed E-state index contributed by atoms with van der Waals surface area (Å²) in [5.74, 6) is 3.78. The van der Waals surface area contributed by atoms with Crippen LogP contribution in [0.5, 0.6) is 0 Å². The average molecular weight is 1510 g/mol. The molecule has 0 unspecified atom stereocenters. The van der Waals surface area contributed by atoms with Gasteiger partial charge in [-0.05, 0) is 155 Å². The Balaban J connectivity index is 0.000000143. The zero-order valence-electron chi connectivity index (χ0n) is 63.9. The molecule has 6 aromatic heterocycles. The SMILES string of the molecule is c1ccc(-c2ccc(-c3nc(-c4ccc(-c5ccccc5)cc4)nc(-c4ccc(-n5c6ccccc6c6c7c8ccccc8n(-c8ccccc8)c7ccc65)cc4)n3)cc2)cc1.c1ccc(-c2ccc(-c3nc(-c4ccccc4)nc(-c4ccc(-n5c6ccccc6c6c7c8ccccc8n(-c8ccccc8)c7ccc65)cc4)n3)cc2)cc1. The Morgan fingerprint density at radius 3 is 0.517 bits per heavy atom. The van der Waals surface area contributed by atoms with Gasteiger partial charge in [-0.1, -0.05) is 303 Å². The van der Waals surface area contributed by atoms with Gasteiger partial charge >= 0.3 is 0 Å². The van der Waals surface area contributed by atoms with Crippen molar-refractivity contribution in [1.82, 2.24) is 48.2 Å². The zero-order chi connectivity index (χ0) is 78.0. The number of aromatic nitrogens is 10. The highest BCUT2D eigenvalue weighted by Gasteiger charge is 2.25. The second-order valence-corrected chi connectivity index (χ2v) is 29.7. The van der Waals surface area contributed by atoms with E-state index in [2.05, 4.69) is 394 Å².